The number of hydrogen-bond donors (Lipinski definition) is 3. The van der Waals surface area contributed by atoms with Crippen LogP contribution in [-0.2, 0) is 6.54 Å². The summed E-state index contributed by atoms with van der Waals surface area (Å²) in [6, 6.07) is 11.2. The van der Waals surface area contributed by atoms with Crippen LogP contribution in [0.3, 0.4) is 0 Å². The van der Waals surface area contributed by atoms with Gasteiger partial charge in [-0.2, -0.15) is 4.98 Å². The standard InChI is InChI=1S/C27H31ClN6O4/c1-33-16-17-4-3-5-22(24(17)26(33)36)30-25-20(28)15-29-27(32-25)31-21-7-6-19(14-23(21)37-2)38-13-12-34-10-8-18(35)9-11-34/h3-7,14-15,18,35H,8-13,16H2,1-2H3,(H2,29,30,31,32). The molecule has 0 bridgehead atoms. The Kier molecular flexibility index (Phi) is 7.82. The first kappa shape index (κ1) is 26.0. The maximum Gasteiger partial charge on any atom is 0.256 e. The molecule has 0 atom stereocenters. The van der Waals surface area contributed by atoms with Crippen molar-refractivity contribution >= 4 is 40.6 Å². The number of nitrogens with one attached hydrogen (secondary N) is 2. The van der Waals surface area contributed by atoms with Gasteiger partial charge >= 0.3 is 0 Å². The molecule has 0 spiro atoms. The molecule has 0 unspecified atom stereocenters. The number of likely N-dealkylation sites (tertiary alicyclic amines) is 1. The number of methoxy groups -OCH3 is 1. The van der Waals surface area contributed by atoms with Crippen LogP contribution >= 0.6 is 11.6 Å². The van der Waals surface area contributed by atoms with Crippen LogP contribution in [0.2, 0.25) is 5.02 Å². The van der Waals surface area contributed by atoms with E-state index in [4.69, 9.17) is 21.1 Å². The average Bonchev–Trinajstić information content (AvgIpc) is 3.21. The molecule has 2 aliphatic heterocycles. The highest BCUT2D eigenvalue weighted by Crippen LogP contribution is 2.34. The molecular weight excluding hydrogens is 508 g/mol. The van der Waals surface area contributed by atoms with Crippen LogP contribution in [0.15, 0.2) is 42.6 Å². The topological polar surface area (TPSA) is 112 Å². The van der Waals surface area contributed by atoms with Crippen LogP contribution < -0.4 is 20.1 Å². The van der Waals surface area contributed by atoms with Crippen molar-refractivity contribution in [1.29, 1.82) is 0 Å². The monoisotopic (exact) mass is 538 g/mol. The van der Waals surface area contributed by atoms with E-state index in [0.29, 0.717) is 58.4 Å². The van der Waals surface area contributed by atoms with E-state index >= 15 is 0 Å². The molecule has 1 aromatic heterocycles. The zero-order valence-electron chi connectivity index (χ0n) is 21.4. The molecule has 0 aliphatic carbocycles. The Labute approximate surface area is 226 Å². The molecule has 1 fully saturated rings. The molecule has 2 aliphatic rings. The van der Waals surface area contributed by atoms with Gasteiger partial charge in [0, 0.05) is 39.3 Å². The van der Waals surface area contributed by atoms with Gasteiger partial charge in [0.15, 0.2) is 5.82 Å². The van der Waals surface area contributed by atoms with E-state index < -0.39 is 0 Å². The number of aliphatic hydroxyl groups excluding tert-OH is 1. The molecule has 5 rings (SSSR count). The van der Waals surface area contributed by atoms with Gasteiger partial charge in [-0.3, -0.25) is 9.69 Å². The van der Waals surface area contributed by atoms with E-state index in [2.05, 4.69) is 25.5 Å². The highest BCUT2D eigenvalue weighted by molar-refractivity contribution is 6.33. The highest BCUT2D eigenvalue weighted by atomic mass is 35.5. The van der Waals surface area contributed by atoms with Crippen molar-refractivity contribution in [3.8, 4) is 11.5 Å². The number of benzene rings is 2. The fourth-order valence-electron chi connectivity index (χ4n) is 4.67. The maximum absolute atomic E-state index is 12.6. The van der Waals surface area contributed by atoms with Crippen molar-refractivity contribution in [2.24, 2.45) is 0 Å². The smallest absolute Gasteiger partial charge is 0.256 e. The van der Waals surface area contributed by atoms with E-state index in [-0.39, 0.29) is 12.0 Å². The number of amides is 1. The van der Waals surface area contributed by atoms with Gasteiger partial charge in [0.2, 0.25) is 5.95 Å². The van der Waals surface area contributed by atoms with Gasteiger partial charge in [-0.05, 0) is 36.6 Å². The summed E-state index contributed by atoms with van der Waals surface area (Å²) in [6.45, 7) is 3.68. The third-order valence-electron chi connectivity index (χ3n) is 6.77. The second-order valence-corrected chi connectivity index (χ2v) is 9.83. The lowest BCUT2D eigenvalue weighted by Gasteiger charge is -2.29. The molecule has 3 N–H and O–H groups in total. The van der Waals surface area contributed by atoms with E-state index in [1.165, 1.54) is 6.20 Å². The van der Waals surface area contributed by atoms with E-state index in [1.807, 2.05) is 36.4 Å². The number of ether oxygens (including phenoxy) is 2. The number of fused-ring (bicyclic) bond motifs is 1. The third-order valence-corrected chi connectivity index (χ3v) is 7.05. The van der Waals surface area contributed by atoms with E-state index in [9.17, 15) is 9.90 Å². The summed E-state index contributed by atoms with van der Waals surface area (Å²) in [5.74, 6) is 1.91. The number of aliphatic hydroxyl groups is 1. The number of piperidine rings is 1. The van der Waals surface area contributed by atoms with Crippen LogP contribution in [0.4, 0.5) is 23.1 Å². The Balaban J connectivity index is 1.26. The molecule has 0 radical (unpaired) electrons. The summed E-state index contributed by atoms with van der Waals surface area (Å²) in [7, 11) is 3.36. The Morgan fingerprint density at radius 3 is 2.76 bits per heavy atom. The number of nitrogens with zero attached hydrogens (tertiary/aromatic N) is 4. The molecular formula is C27H31ClN6O4. The second kappa shape index (κ2) is 11.4. The minimum atomic E-state index is -0.182. The van der Waals surface area contributed by atoms with Gasteiger partial charge in [-0.25, -0.2) is 4.98 Å². The Bertz CT molecular complexity index is 1310. The Morgan fingerprint density at radius 1 is 1.16 bits per heavy atom. The van der Waals surface area contributed by atoms with Crippen LogP contribution in [0.5, 0.6) is 11.5 Å². The first-order chi connectivity index (χ1) is 18.4. The largest absolute Gasteiger partial charge is 0.494 e. The lowest BCUT2D eigenvalue weighted by molar-refractivity contribution is 0.0754. The number of rotatable bonds is 9. The first-order valence-corrected chi connectivity index (χ1v) is 12.9. The Morgan fingerprint density at radius 2 is 1.97 bits per heavy atom. The van der Waals surface area contributed by atoms with E-state index in [1.54, 1.807) is 19.1 Å². The van der Waals surface area contributed by atoms with Crippen molar-refractivity contribution in [2.75, 3.05) is 51.0 Å². The minimum Gasteiger partial charge on any atom is -0.494 e. The molecule has 2 aromatic carbocycles. The molecule has 200 valence electrons. The summed E-state index contributed by atoms with van der Waals surface area (Å²) in [5, 5.41) is 16.4. The molecule has 3 aromatic rings. The van der Waals surface area contributed by atoms with Crippen molar-refractivity contribution in [3.05, 3.63) is 58.7 Å². The summed E-state index contributed by atoms with van der Waals surface area (Å²) in [4.78, 5) is 25.4. The number of carbonyl (C=O) groups excluding carboxylic acids is 1. The van der Waals surface area contributed by atoms with Gasteiger partial charge in [0.05, 0.1) is 36.3 Å². The molecule has 38 heavy (non-hydrogen) atoms. The predicted molar refractivity (Wildman–Crippen MR) is 146 cm³/mol. The lowest BCUT2D eigenvalue weighted by Crippen LogP contribution is -2.38. The molecule has 11 heteroatoms. The summed E-state index contributed by atoms with van der Waals surface area (Å²) >= 11 is 6.39. The summed E-state index contributed by atoms with van der Waals surface area (Å²) in [5.41, 5.74) is 2.88. The van der Waals surface area contributed by atoms with Crippen molar-refractivity contribution in [1.82, 2.24) is 19.8 Å². The number of carbonyl (C=O) groups is 1. The zero-order valence-corrected chi connectivity index (χ0v) is 22.2. The number of halogens is 1. The second-order valence-electron chi connectivity index (χ2n) is 9.42. The van der Waals surface area contributed by atoms with Crippen molar-refractivity contribution in [2.45, 2.75) is 25.5 Å². The van der Waals surface area contributed by atoms with Crippen LogP contribution in [0, 0.1) is 0 Å². The van der Waals surface area contributed by atoms with Crippen LogP contribution in [0.25, 0.3) is 0 Å². The van der Waals surface area contributed by atoms with Crippen molar-refractivity contribution in [3.63, 3.8) is 0 Å². The quantitative estimate of drug-likeness (QED) is 0.371. The summed E-state index contributed by atoms with van der Waals surface area (Å²) in [6.07, 6.45) is 2.93. The summed E-state index contributed by atoms with van der Waals surface area (Å²) < 4.78 is 11.5. The fourth-order valence-corrected chi connectivity index (χ4v) is 4.81. The molecule has 10 nitrogen and oxygen atoms in total. The van der Waals surface area contributed by atoms with Gasteiger partial charge in [-0.15, -0.1) is 0 Å². The molecule has 0 saturated carbocycles. The lowest BCUT2D eigenvalue weighted by atomic mass is 10.1. The molecule has 3 heterocycles. The van der Waals surface area contributed by atoms with Gasteiger partial charge in [0.25, 0.3) is 5.91 Å². The highest BCUT2D eigenvalue weighted by Gasteiger charge is 2.27. The number of anilines is 4. The SMILES string of the molecule is COc1cc(OCCN2CCC(O)CC2)ccc1Nc1ncc(Cl)c(Nc2cccc3c2C(=O)N(C)C3)n1. The van der Waals surface area contributed by atoms with Crippen molar-refractivity contribution < 1.29 is 19.4 Å². The van der Waals surface area contributed by atoms with Gasteiger partial charge in [-0.1, -0.05) is 23.7 Å². The Hall–Kier alpha value is -3.60. The van der Waals surface area contributed by atoms with Gasteiger partial charge in [0.1, 0.15) is 23.1 Å². The first-order valence-electron chi connectivity index (χ1n) is 12.6. The normalized spacial score (nSPS) is 15.9. The predicted octanol–water partition coefficient (Wildman–Crippen LogP) is 4.05. The number of aromatic nitrogens is 2. The zero-order chi connectivity index (χ0) is 26.6. The average molecular weight is 539 g/mol. The minimum absolute atomic E-state index is 0.0478. The van der Waals surface area contributed by atoms with E-state index in [0.717, 1.165) is 38.0 Å². The van der Waals surface area contributed by atoms with Gasteiger partial charge < -0.3 is 30.1 Å². The number of hydrogen-bond acceptors (Lipinski definition) is 9. The fraction of sp³-hybridized carbons (Fsp3) is 0.370. The van der Waals surface area contributed by atoms with Crippen LogP contribution in [0.1, 0.15) is 28.8 Å². The maximum atomic E-state index is 12.6. The third kappa shape index (κ3) is 5.77. The van der Waals surface area contributed by atoms with Crippen LogP contribution in [-0.4, -0.2) is 77.3 Å². The molecule has 1 amide bonds. The molecule has 1 saturated heterocycles.